The summed E-state index contributed by atoms with van der Waals surface area (Å²) in [6.07, 6.45) is 1.82. The van der Waals surface area contributed by atoms with Gasteiger partial charge in [-0.3, -0.25) is 19.0 Å². The summed E-state index contributed by atoms with van der Waals surface area (Å²) >= 11 is 0. The largest absolute Gasteiger partial charge is 0.497 e. The molecule has 0 saturated carbocycles. The molecule has 8 nitrogen and oxygen atoms in total. The molecule has 2 aromatic heterocycles. The third-order valence-electron chi connectivity index (χ3n) is 6.30. The lowest BCUT2D eigenvalue weighted by Gasteiger charge is -2.38. The molecule has 0 unspecified atom stereocenters. The van der Waals surface area contributed by atoms with Crippen molar-refractivity contribution >= 4 is 17.2 Å². The lowest BCUT2D eigenvalue weighted by molar-refractivity contribution is 0.0852. The number of hydrogen-bond acceptors (Lipinski definition) is 6. The van der Waals surface area contributed by atoms with E-state index >= 15 is 0 Å². The summed E-state index contributed by atoms with van der Waals surface area (Å²) in [6.45, 7) is 3.66. The molecule has 1 aliphatic heterocycles. The lowest BCUT2D eigenvalue weighted by Crippen LogP contribution is -2.46. The number of aromatic nitrogens is 3. The number of hydrogen-bond donors (Lipinski definition) is 1. The molecule has 1 amide bonds. The summed E-state index contributed by atoms with van der Waals surface area (Å²) in [5.74, 6) is 1.33. The Morgan fingerprint density at radius 2 is 1.91 bits per heavy atom. The molecule has 0 radical (unpaired) electrons. The van der Waals surface area contributed by atoms with E-state index in [1.165, 1.54) is 5.56 Å². The maximum Gasteiger partial charge on any atom is 0.257 e. The summed E-state index contributed by atoms with van der Waals surface area (Å²) in [5.41, 5.74) is 3.24. The minimum absolute atomic E-state index is 0.0733. The van der Waals surface area contributed by atoms with E-state index in [4.69, 9.17) is 4.74 Å². The number of amides is 1. The average molecular weight is 457 g/mol. The van der Waals surface area contributed by atoms with Gasteiger partial charge in [0.05, 0.1) is 18.7 Å². The first-order valence-corrected chi connectivity index (χ1v) is 11.4. The van der Waals surface area contributed by atoms with Gasteiger partial charge in [0.1, 0.15) is 5.75 Å². The van der Waals surface area contributed by atoms with Gasteiger partial charge in [-0.15, -0.1) is 10.2 Å². The number of anilines is 1. The van der Waals surface area contributed by atoms with Crippen LogP contribution in [0.5, 0.6) is 5.75 Å². The Morgan fingerprint density at radius 3 is 2.74 bits per heavy atom. The predicted octanol–water partition coefficient (Wildman–Crippen LogP) is 3.48. The number of benzene rings is 2. The van der Waals surface area contributed by atoms with Gasteiger partial charge in [-0.05, 0) is 36.9 Å². The highest BCUT2D eigenvalue weighted by Crippen LogP contribution is 2.25. The summed E-state index contributed by atoms with van der Waals surface area (Å²) in [5, 5.41) is 11.8. The first kappa shape index (κ1) is 22.1. The molecular formula is C26H28N6O2. The van der Waals surface area contributed by atoms with Crippen molar-refractivity contribution in [1.29, 1.82) is 0 Å². The third kappa shape index (κ3) is 4.64. The van der Waals surface area contributed by atoms with E-state index in [9.17, 15) is 4.79 Å². The van der Waals surface area contributed by atoms with Crippen molar-refractivity contribution in [2.45, 2.75) is 12.6 Å². The molecule has 1 atom stereocenters. The SMILES string of the molecule is COc1cccc(NC(=O)c2ccc3nnc([C@@H]4CN(Cc5ccccc5)CCN4C)n3c2)c1. The van der Waals surface area contributed by atoms with Gasteiger partial charge in [0.25, 0.3) is 5.91 Å². The molecule has 1 aliphatic rings. The molecule has 0 aliphatic carbocycles. The van der Waals surface area contributed by atoms with Gasteiger partial charge in [0.2, 0.25) is 0 Å². The van der Waals surface area contributed by atoms with Crippen LogP contribution >= 0.6 is 0 Å². The fourth-order valence-corrected chi connectivity index (χ4v) is 4.37. The van der Waals surface area contributed by atoms with Crippen LogP contribution in [-0.4, -0.2) is 64.1 Å². The highest BCUT2D eigenvalue weighted by Gasteiger charge is 2.29. The Hall–Kier alpha value is -3.75. The monoisotopic (exact) mass is 456 g/mol. The van der Waals surface area contributed by atoms with Crippen LogP contribution in [0.25, 0.3) is 5.65 Å². The quantitative estimate of drug-likeness (QED) is 0.479. The minimum Gasteiger partial charge on any atom is -0.497 e. The van der Waals surface area contributed by atoms with Crippen molar-refractivity contribution in [1.82, 2.24) is 24.4 Å². The van der Waals surface area contributed by atoms with Crippen LogP contribution in [0.15, 0.2) is 72.9 Å². The van der Waals surface area contributed by atoms with Crippen LogP contribution in [0.1, 0.15) is 27.8 Å². The van der Waals surface area contributed by atoms with E-state index in [0.29, 0.717) is 17.0 Å². The molecule has 1 N–H and O–H groups in total. The number of fused-ring (bicyclic) bond motifs is 1. The number of nitrogens with one attached hydrogen (secondary N) is 1. The highest BCUT2D eigenvalue weighted by molar-refractivity contribution is 6.04. The number of piperazine rings is 1. The maximum atomic E-state index is 13.0. The summed E-state index contributed by atoms with van der Waals surface area (Å²) < 4.78 is 7.19. The van der Waals surface area contributed by atoms with Gasteiger partial charge >= 0.3 is 0 Å². The van der Waals surface area contributed by atoms with Crippen molar-refractivity contribution in [3.63, 3.8) is 0 Å². The Labute approximate surface area is 198 Å². The molecule has 0 bridgehead atoms. The van der Waals surface area contributed by atoms with Crippen LogP contribution < -0.4 is 10.1 Å². The normalized spacial score (nSPS) is 17.1. The van der Waals surface area contributed by atoms with Crippen LogP contribution in [-0.2, 0) is 6.54 Å². The summed E-state index contributed by atoms with van der Waals surface area (Å²) in [6, 6.07) is 21.5. The zero-order chi connectivity index (χ0) is 23.5. The molecule has 34 heavy (non-hydrogen) atoms. The molecule has 1 saturated heterocycles. The van der Waals surface area contributed by atoms with Crippen LogP contribution in [0.2, 0.25) is 0 Å². The Bertz CT molecular complexity index is 1290. The van der Waals surface area contributed by atoms with Crippen molar-refractivity contribution < 1.29 is 9.53 Å². The number of carbonyl (C=O) groups excluding carboxylic acids is 1. The lowest BCUT2D eigenvalue weighted by atomic mass is 10.1. The molecule has 2 aromatic carbocycles. The number of nitrogens with zero attached hydrogens (tertiary/aromatic N) is 5. The van der Waals surface area contributed by atoms with Gasteiger partial charge in [-0.25, -0.2) is 0 Å². The Morgan fingerprint density at radius 1 is 1.06 bits per heavy atom. The van der Waals surface area contributed by atoms with Crippen molar-refractivity contribution in [2.75, 3.05) is 39.1 Å². The Balaban J connectivity index is 1.38. The zero-order valence-electron chi connectivity index (χ0n) is 19.4. The second-order valence-electron chi connectivity index (χ2n) is 8.61. The number of carbonyl (C=O) groups is 1. The smallest absolute Gasteiger partial charge is 0.257 e. The molecule has 8 heteroatoms. The Kier molecular flexibility index (Phi) is 6.24. The molecule has 0 spiro atoms. The van der Waals surface area contributed by atoms with E-state index in [0.717, 1.165) is 37.7 Å². The summed E-state index contributed by atoms with van der Waals surface area (Å²) in [4.78, 5) is 17.7. The zero-order valence-corrected chi connectivity index (χ0v) is 19.4. The van der Waals surface area contributed by atoms with Crippen molar-refractivity contribution in [3.8, 4) is 5.75 Å². The number of pyridine rings is 1. The van der Waals surface area contributed by atoms with Gasteiger partial charge in [0.15, 0.2) is 11.5 Å². The number of likely N-dealkylation sites (N-methyl/N-ethyl adjacent to an activating group) is 1. The fraction of sp³-hybridized carbons (Fsp3) is 0.269. The standard InChI is InChI=1S/C26H28N6O2/c1-30-13-14-31(16-19-7-4-3-5-8-19)18-23(30)25-29-28-24-12-11-20(17-32(24)25)26(33)27-21-9-6-10-22(15-21)34-2/h3-12,15,17,23H,13-14,16,18H2,1-2H3,(H,27,33)/t23-/m0/s1. The molecule has 5 rings (SSSR count). The van der Waals surface area contributed by atoms with Crippen LogP contribution in [0.4, 0.5) is 5.69 Å². The molecule has 174 valence electrons. The number of rotatable bonds is 6. The van der Waals surface area contributed by atoms with E-state index in [1.54, 1.807) is 19.2 Å². The van der Waals surface area contributed by atoms with Gasteiger partial charge < -0.3 is 10.1 Å². The second kappa shape index (κ2) is 9.62. The van der Waals surface area contributed by atoms with Gasteiger partial charge in [0, 0.05) is 44.1 Å². The van der Waals surface area contributed by atoms with Gasteiger partial charge in [-0.1, -0.05) is 36.4 Å². The predicted molar refractivity (Wildman–Crippen MR) is 131 cm³/mol. The van der Waals surface area contributed by atoms with E-state index < -0.39 is 0 Å². The molecule has 1 fully saturated rings. The number of ether oxygens (including phenoxy) is 1. The van der Waals surface area contributed by atoms with Gasteiger partial charge in [-0.2, -0.15) is 0 Å². The highest BCUT2D eigenvalue weighted by atomic mass is 16.5. The van der Waals surface area contributed by atoms with Crippen molar-refractivity contribution in [3.05, 3.63) is 89.9 Å². The van der Waals surface area contributed by atoms with E-state index in [2.05, 4.69) is 56.6 Å². The third-order valence-corrected chi connectivity index (χ3v) is 6.30. The van der Waals surface area contributed by atoms with Crippen LogP contribution in [0.3, 0.4) is 0 Å². The second-order valence-corrected chi connectivity index (χ2v) is 8.61. The topological polar surface area (TPSA) is 75.0 Å². The van der Waals surface area contributed by atoms with E-state index in [-0.39, 0.29) is 11.9 Å². The average Bonchev–Trinajstić information content (AvgIpc) is 3.29. The molecular weight excluding hydrogens is 428 g/mol. The van der Waals surface area contributed by atoms with E-state index in [1.807, 2.05) is 40.9 Å². The minimum atomic E-state index is -0.197. The van der Waals surface area contributed by atoms with Crippen molar-refractivity contribution in [2.24, 2.45) is 0 Å². The molecule has 4 aromatic rings. The first-order valence-electron chi connectivity index (χ1n) is 11.4. The fourth-order valence-electron chi connectivity index (χ4n) is 4.37. The number of methoxy groups -OCH3 is 1. The summed E-state index contributed by atoms with van der Waals surface area (Å²) in [7, 11) is 3.72. The first-order chi connectivity index (χ1) is 16.6. The van der Waals surface area contributed by atoms with Crippen LogP contribution in [0, 0.1) is 0 Å². The maximum absolute atomic E-state index is 13.0. The molecule has 3 heterocycles.